The number of aromatic nitrogens is 2. The third-order valence-electron chi connectivity index (χ3n) is 5.32. The highest BCUT2D eigenvalue weighted by molar-refractivity contribution is 7.12. The van der Waals surface area contributed by atoms with E-state index in [1.54, 1.807) is 12.1 Å². The van der Waals surface area contributed by atoms with Crippen molar-refractivity contribution in [2.24, 2.45) is 0 Å². The Hall–Kier alpha value is -3.19. The van der Waals surface area contributed by atoms with Gasteiger partial charge in [0.25, 0.3) is 5.91 Å². The molecule has 1 amide bonds. The number of thiophene rings is 1. The zero-order valence-electron chi connectivity index (χ0n) is 15.7. The SMILES string of the molecule is O=C(c1cccs1)N1CCN(c2cnn3ccc(-c4ccc(F)cc4)cc23)CC1. The molecule has 1 saturated heterocycles. The fraction of sp³-hybridized carbons (Fsp3) is 0.182. The van der Waals surface area contributed by atoms with Gasteiger partial charge in [-0.05, 0) is 46.8 Å². The highest BCUT2D eigenvalue weighted by atomic mass is 32.1. The second-order valence-electron chi connectivity index (χ2n) is 7.04. The van der Waals surface area contributed by atoms with Crippen molar-refractivity contribution in [1.29, 1.82) is 0 Å². The summed E-state index contributed by atoms with van der Waals surface area (Å²) in [6.07, 6.45) is 3.80. The molecule has 1 aliphatic rings. The quantitative estimate of drug-likeness (QED) is 0.513. The standard InChI is InChI=1S/C22H19FN4OS/c23-18-5-3-16(4-6-18)17-7-8-27-19(14-17)20(15-24-27)25-9-11-26(12-10-25)22(28)21-2-1-13-29-21/h1-8,13-15H,9-12H2. The number of amides is 1. The van der Waals surface area contributed by atoms with E-state index in [2.05, 4.69) is 16.1 Å². The summed E-state index contributed by atoms with van der Waals surface area (Å²) in [6, 6.07) is 14.4. The van der Waals surface area contributed by atoms with Crippen LogP contribution in [0.15, 0.2) is 66.3 Å². The van der Waals surface area contributed by atoms with Crippen LogP contribution in [-0.4, -0.2) is 46.6 Å². The number of nitrogens with zero attached hydrogens (tertiary/aromatic N) is 4. The predicted molar refractivity (Wildman–Crippen MR) is 113 cm³/mol. The number of rotatable bonds is 3. The van der Waals surface area contributed by atoms with Crippen LogP contribution < -0.4 is 4.90 Å². The van der Waals surface area contributed by atoms with Crippen molar-refractivity contribution in [3.63, 3.8) is 0 Å². The van der Waals surface area contributed by atoms with E-state index in [4.69, 9.17) is 0 Å². The minimum Gasteiger partial charge on any atom is -0.365 e. The van der Waals surface area contributed by atoms with E-state index in [1.165, 1.54) is 23.5 Å². The van der Waals surface area contributed by atoms with Crippen LogP contribution in [0.5, 0.6) is 0 Å². The van der Waals surface area contributed by atoms with Gasteiger partial charge in [0.15, 0.2) is 0 Å². The predicted octanol–water partition coefficient (Wildman–Crippen LogP) is 4.16. The smallest absolute Gasteiger partial charge is 0.264 e. The number of anilines is 1. The van der Waals surface area contributed by atoms with Crippen LogP contribution in [0.1, 0.15) is 9.67 Å². The molecule has 0 N–H and O–H groups in total. The minimum atomic E-state index is -0.241. The van der Waals surface area contributed by atoms with Crippen LogP contribution in [0.25, 0.3) is 16.6 Å². The molecule has 0 bridgehead atoms. The maximum Gasteiger partial charge on any atom is 0.264 e. The molecule has 0 atom stereocenters. The lowest BCUT2D eigenvalue weighted by molar-refractivity contribution is 0.0752. The largest absolute Gasteiger partial charge is 0.365 e. The van der Waals surface area contributed by atoms with Gasteiger partial charge in [-0.3, -0.25) is 4.79 Å². The molecule has 1 aromatic carbocycles. The first-order valence-corrected chi connectivity index (χ1v) is 10.4. The van der Waals surface area contributed by atoms with Gasteiger partial charge in [0.05, 0.1) is 22.3 Å². The topological polar surface area (TPSA) is 40.9 Å². The first kappa shape index (κ1) is 17.9. The van der Waals surface area contributed by atoms with E-state index >= 15 is 0 Å². The highest BCUT2D eigenvalue weighted by Crippen LogP contribution is 2.28. The van der Waals surface area contributed by atoms with Crippen molar-refractivity contribution < 1.29 is 9.18 Å². The fourth-order valence-corrected chi connectivity index (χ4v) is 4.43. The Morgan fingerprint density at radius 1 is 1.00 bits per heavy atom. The van der Waals surface area contributed by atoms with Crippen LogP contribution in [0.2, 0.25) is 0 Å². The Balaban J connectivity index is 1.37. The van der Waals surface area contributed by atoms with E-state index in [0.717, 1.165) is 40.3 Å². The number of hydrogen-bond acceptors (Lipinski definition) is 4. The molecule has 0 spiro atoms. The molecular formula is C22H19FN4OS. The van der Waals surface area contributed by atoms with Crippen molar-refractivity contribution in [2.45, 2.75) is 0 Å². The normalized spacial score (nSPS) is 14.5. The maximum atomic E-state index is 13.2. The number of halogens is 1. The Kier molecular flexibility index (Phi) is 4.52. The van der Waals surface area contributed by atoms with E-state index < -0.39 is 0 Å². The fourth-order valence-electron chi connectivity index (χ4n) is 3.74. The van der Waals surface area contributed by atoms with Gasteiger partial charge in [-0.25, -0.2) is 8.91 Å². The molecule has 4 heterocycles. The lowest BCUT2D eigenvalue weighted by atomic mass is 10.1. The summed E-state index contributed by atoms with van der Waals surface area (Å²) in [6.45, 7) is 2.90. The van der Waals surface area contributed by atoms with Gasteiger partial charge in [0, 0.05) is 32.4 Å². The Morgan fingerprint density at radius 2 is 1.79 bits per heavy atom. The molecule has 0 radical (unpaired) electrons. The van der Waals surface area contributed by atoms with Gasteiger partial charge in [-0.15, -0.1) is 11.3 Å². The maximum absolute atomic E-state index is 13.2. The van der Waals surface area contributed by atoms with E-state index in [0.29, 0.717) is 13.1 Å². The van der Waals surface area contributed by atoms with Crippen molar-refractivity contribution in [2.75, 3.05) is 31.1 Å². The number of hydrogen-bond donors (Lipinski definition) is 0. The molecule has 3 aromatic heterocycles. The van der Waals surface area contributed by atoms with E-state index in [9.17, 15) is 9.18 Å². The summed E-state index contributed by atoms with van der Waals surface area (Å²) in [4.78, 5) is 17.5. The zero-order valence-corrected chi connectivity index (χ0v) is 16.5. The average Bonchev–Trinajstić information content (AvgIpc) is 3.44. The number of piperazine rings is 1. The summed E-state index contributed by atoms with van der Waals surface area (Å²) in [5.41, 5.74) is 4.04. The van der Waals surface area contributed by atoms with Crippen LogP contribution in [0.4, 0.5) is 10.1 Å². The molecule has 5 nitrogen and oxygen atoms in total. The van der Waals surface area contributed by atoms with Gasteiger partial charge in [0.1, 0.15) is 5.82 Å². The molecule has 7 heteroatoms. The molecule has 0 unspecified atom stereocenters. The molecular weight excluding hydrogens is 387 g/mol. The summed E-state index contributed by atoms with van der Waals surface area (Å²) in [5, 5.41) is 6.41. The number of benzene rings is 1. The van der Waals surface area contributed by atoms with Gasteiger partial charge in [0.2, 0.25) is 0 Å². The number of carbonyl (C=O) groups excluding carboxylic acids is 1. The third kappa shape index (κ3) is 3.38. The third-order valence-corrected chi connectivity index (χ3v) is 6.18. The Labute approximate surface area is 171 Å². The Bertz CT molecular complexity index is 1150. The summed E-state index contributed by atoms with van der Waals surface area (Å²) in [5.74, 6) is -0.132. The summed E-state index contributed by atoms with van der Waals surface area (Å²) in [7, 11) is 0. The molecule has 4 aromatic rings. The van der Waals surface area contributed by atoms with Crippen molar-refractivity contribution in [3.8, 4) is 11.1 Å². The van der Waals surface area contributed by atoms with Gasteiger partial charge >= 0.3 is 0 Å². The number of carbonyl (C=O) groups is 1. The molecule has 146 valence electrons. The molecule has 0 aliphatic carbocycles. The lowest BCUT2D eigenvalue weighted by Crippen LogP contribution is -2.48. The molecule has 1 fully saturated rings. The summed E-state index contributed by atoms with van der Waals surface area (Å²) < 4.78 is 15.1. The van der Waals surface area contributed by atoms with Crippen LogP contribution in [-0.2, 0) is 0 Å². The first-order chi connectivity index (χ1) is 14.2. The van der Waals surface area contributed by atoms with Gasteiger partial charge in [-0.1, -0.05) is 18.2 Å². The first-order valence-electron chi connectivity index (χ1n) is 9.50. The second-order valence-corrected chi connectivity index (χ2v) is 7.99. The van der Waals surface area contributed by atoms with E-state index in [1.807, 2.05) is 45.4 Å². The lowest BCUT2D eigenvalue weighted by Gasteiger charge is -2.35. The summed E-state index contributed by atoms with van der Waals surface area (Å²) >= 11 is 1.48. The van der Waals surface area contributed by atoms with Crippen LogP contribution in [0.3, 0.4) is 0 Å². The van der Waals surface area contributed by atoms with Gasteiger partial charge < -0.3 is 9.80 Å². The highest BCUT2D eigenvalue weighted by Gasteiger charge is 2.24. The van der Waals surface area contributed by atoms with Crippen molar-refractivity contribution >= 4 is 28.4 Å². The Morgan fingerprint density at radius 3 is 2.52 bits per heavy atom. The average molecular weight is 406 g/mol. The zero-order chi connectivity index (χ0) is 19.8. The molecule has 29 heavy (non-hydrogen) atoms. The minimum absolute atomic E-state index is 0.109. The number of fused-ring (bicyclic) bond motifs is 1. The van der Waals surface area contributed by atoms with Crippen LogP contribution >= 0.6 is 11.3 Å². The van der Waals surface area contributed by atoms with Crippen LogP contribution in [0, 0.1) is 5.82 Å². The van der Waals surface area contributed by atoms with Crippen molar-refractivity contribution in [1.82, 2.24) is 14.5 Å². The monoisotopic (exact) mass is 406 g/mol. The van der Waals surface area contributed by atoms with Crippen molar-refractivity contribution in [3.05, 3.63) is 77.0 Å². The molecule has 1 aliphatic heterocycles. The second kappa shape index (κ2) is 7.33. The molecule has 0 saturated carbocycles. The van der Waals surface area contributed by atoms with Gasteiger partial charge in [-0.2, -0.15) is 5.10 Å². The van der Waals surface area contributed by atoms with E-state index in [-0.39, 0.29) is 11.7 Å². The number of pyridine rings is 1. The molecule has 5 rings (SSSR count).